The van der Waals surface area contributed by atoms with Crippen LogP contribution in [-0.4, -0.2) is 9.38 Å². The van der Waals surface area contributed by atoms with Crippen LogP contribution in [0.1, 0.15) is 5.69 Å². The minimum atomic E-state index is 1.01. The molecular formula is C12H10N2S. The summed E-state index contributed by atoms with van der Waals surface area (Å²) in [7, 11) is 0. The molecular weight excluding hydrogens is 204 g/mol. The Morgan fingerprint density at radius 3 is 2.87 bits per heavy atom. The molecule has 0 aromatic carbocycles. The number of hydrogen-bond acceptors (Lipinski definition) is 2. The van der Waals surface area contributed by atoms with E-state index in [1.807, 2.05) is 13.1 Å². The number of hydrogen-bond donors (Lipinski definition) is 0. The van der Waals surface area contributed by atoms with Gasteiger partial charge in [-0.2, -0.15) is 11.3 Å². The topological polar surface area (TPSA) is 17.3 Å². The lowest BCUT2D eigenvalue weighted by atomic mass is 10.1. The van der Waals surface area contributed by atoms with Crippen molar-refractivity contribution >= 4 is 17.0 Å². The molecule has 0 bridgehead atoms. The third-order valence-corrected chi connectivity index (χ3v) is 3.11. The normalized spacial score (nSPS) is 11.0. The molecule has 3 rings (SSSR count). The van der Waals surface area contributed by atoms with Crippen molar-refractivity contribution < 1.29 is 0 Å². The fourth-order valence-electron chi connectivity index (χ4n) is 1.72. The van der Waals surface area contributed by atoms with E-state index in [0.717, 1.165) is 11.3 Å². The Kier molecular flexibility index (Phi) is 1.86. The van der Waals surface area contributed by atoms with Crippen LogP contribution in [0.4, 0.5) is 0 Å². The smallest absolute Gasteiger partial charge is 0.136 e. The van der Waals surface area contributed by atoms with Crippen LogP contribution in [0.3, 0.4) is 0 Å². The van der Waals surface area contributed by atoms with Crippen molar-refractivity contribution in [1.82, 2.24) is 9.38 Å². The predicted molar refractivity (Wildman–Crippen MR) is 63.2 cm³/mol. The molecule has 0 aliphatic rings. The average Bonchev–Trinajstić information content (AvgIpc) is 2.82. The Labute approximate surface area is 91.8 Å². The molecule has 0 unspecified atom stereocenters. The lowest BCUT2D eigenvalue weighted by Gasteiger charge is -1.98. The van der Waals surface area contributed by atoms with Gasteiger partial charge in [0.2, 0.25) is 0 Å². The minimum Gasteiger partial charge on any atom is -0.306 e. The number of thiophene rings is 1. The van der Waals surface area contributed by atoms with Gasteiger partial charge >= 0.3 is 0 Å². The number of imidazole rings is 1. The van der Waals surface area contributed by atoms with Crippen molar-refractivity contribution in [2.24, 2.45) is 0 Å². The molecule has 0 aliphatic carbocycles. The highest BCUT2D eigenvalue weighted by Crippen LogP contribution is 2.22. The van der Waals surface area contributed by atoms with E-state index in [-0.39, 0.29) is 0 Å². The van der Waals surface area contributed by atoms with Gasteiger partial charge in [0.25, 0.3) is 0 Å². The Morgan fingerprint density at radius 2 is 2.07 bits per heavy atom. The van der Waals surface area contributed by atoms with Gasteiger partial charge in [-0.15, -0.1) is 0 Å². The molecule has 0 spiro atoms. The van der Waals surface area contributed by atoms with Gasteiger partial charge in [0.15, 0.2) is 0 Å². The zero-order valence-corrected chi connectivity index (χ0v) is 9.16. The summed E-state index contributed by atoms with van der Waals surface area (Å²) in [6.07, 6.45) is 4.17. The van der Waals surface area contributed by atoms with Crippen LogP contribution < -0.4 is 0 Å². The summed E-state index contributed by atoms with van der Waals surface area (Å²) >= 11 is 1.72. The summed E-state index contributed by atoms with van der Waals surface area (Å²) in [5.41, 5.74) is 4.57. The zero-order chi connectivity index (χ0) is 10.3. The average molecular weight is 214 g/mol. The van der Waals surface area contributed by atoms with E-state index >= 15 is 0 Å². The maximum absolute atomic E-state index is 4.40. The maximum atomic E-state index is 4.40. The van der Waals surface area contributed by atoms with Gasteiger partial charge in [0.1, 0.15) is 5.65 Å². The van der Waals surface area contributed by atoms with Crippen molar-refractivity contribution in [3.05, 3.63) is 47.0 Å². The van der Waals surface area contributed by atoms with Crippen molar-refractivity contribution in [1.29, 1.82) is 0 Å². The van der Waals surface area contributed by atoms with Gasteiger partial charge in [-0.25, -0.2) is 4.98 Å². The van der Waals surface area contributed by atoms with Gasteiger partial charge in [0.05, 0.1) is 5.69 Å². The Balaban J connectivity index is 2.21. The van der Waals surface area contributed by atoms with Gasteiger partial charge < -0.3 is 4.40 Å². The first-order chi connectivity index (χ1) is 7.33. The lowest BCUT2D eigenvalue weighted by Crippen LogP contribution is -1.83. The molecule has 15 heavy (non-hydrogen) atoms. The molecule has 74 valence electrons. The molecule has 3 heteroatoms. The predicted octanol–water partition coefficient (Wildman–Crippen LogP) is 3.37. The van der Waals surface area contributed by atoms with Crippen LogP contribution >= 0.6 is 11.3 Å². The molecule has 3 aromatic rings. The zero-order valence-electron chi connectivity index (χ0n) is 8.34. The molecule has 0 aliphatic heterocycles. The van der Waals surface area contributed by atoms with Gasteiger partial charge in [-0.05, 0) is 47.0 Å². The number of rotatable bonds is 1. The summed E-state index contributed by atoms with van der Waals surface area (Å²) in [6, 6.07) is 6.31. The second kappa shape index (κ2) is 3.21. The third kappa shape index (κ3) is 1.45. The molecule has 0 saturated carbocycles. The lowest BCUT2D eigenvalue weighted by molar-refractivity contribution is 1.19. The van der Waals surface area contributed by atoms with Crippen molar-refractivity contribution in [3.8, 4) is 11.1 Å². The molecule has 0 amide bonds. The number of pyridine rings is 1. The molecule has 0 saturated heterocycles. The van der Waals surface area contributed by atoms with Crippen LogP contribution in [0, 0.1) is 6.92 Å². The number of aryl methyl sites for hydroxylation is 1. The first-order valence-electron chi connectivity index (χ1n) is 4.81. The van der Waals surface area contributed by atoms with Gasteiger partial charge in [0, 0.05) is 12.4 Å². The second-order valence-corrected chi connectivity index (χ2v) is 4.36. The van der Waals surface area contributed by atoms with Crippen LogP contribution in [-0.2, 0) is 0 Å². The summed E-state index contributed by atoms with van der Waals surface area (Å²) in [4.78, 5) is 4.40. The van der Waals surface area contributed by atoms with E-state index in [4.69, 9.17) is 0 Å². The molecule has 0 atom stereocenters. The Bertz CT molecular complexity index is 593. The molecule has 0 radical (unpaired) electrons. The highest BCUT2D eigenvalue weighted by atomic mass is 32.1. The highest BCUT2D eigenvalue weighted by molar-refractivity contribution is 7.08. The SMILES string of the molecule is Cc1cn2cc(-c3ccsc3)ccc2n1. The summed E-state index contributed by atoms with van der Waals surface area (Å²) in [5.74, 6) is 0. The second-order valence-electron chi connectivity index (χ2n) is 3.58. The standard InChI is InChI=1S/C12H10N2S/c1-9-6-14-7-10(2-3-12(14)13-9)11-4-5-15-8-11/h2-8H,1H3. The fourth-order valence-corrected chi connectivity index (χ4v) is 2.38. The quantitative estimate of drug-likeness (QED) is 0.607. The van der Waals surface area contributed by atoms with Gasteiger partial charge in [-0.3, -0.25) is 0 Å². The van der Waals surface area contributed by atoms with E-state index in [1.54, 1.807) is 11.3 Å². The summed E-state index contributed by atoms with van der Waals surface area (Å²) in [6.45, 7) is 2.01. The molecule has 0 N–H and O–H groups in total. The summed E-state index contributed by atoms with van der Waals surface area (Å²) < 4.78 is 2.07. The van der Waals surface area contributed by atoms with Crippen molar-refractivity contribution in [2.75, 3.05) is 0 Å². The van der Waals surface area contributed by atoms with Crippen LogP contribution in [0.2, 0.25) is 0 Å². The van der Waals surface area contributed by atoms with E-state index in [2.05, 4.69) is 44.5 Å². The van der Waals surface area contributed by atoms with E-state index in [9.17, 15) is 0 Å². The maximum Gasteiger partial charge on any atom is 0.136 e. The summed E-state index contributed by atoms with van der Waals surface area (Å²) in [5, 5.41) is 4.25. The molecule has 3 heterocycles. The monoisotopic (exact) mass is 214 g/mol. The molecule has 3 aromatic heterocycles. The van der Waals surface area contributed by atoms with E-state index in [0.29, 0.717) is 0 Å². The van der Waals surface area contributed by atoms with E-state index < -0.39 is 0 Å². The Hall–Kier alpha value is -1.61. The van der Waals surface area contributed by atoms with Gasteiger partial charge in [-0.1, -0.05) is 0 Å². The Morgan fingerprint density at radius 1 is 1.13 bits per heavy atom. The minimum absolute atomic E-state index is 1.01. The fraction of sp³-hybridized carbons (Fsp3) is 0.0833. The first-order valence-corrected chi connectivity index (χ1v) is 5.75. The largest absolute Gasteiger partial charge is 0.306 e. The number of aromatic nitrogens is 2. The van der Waals surface area contributed by atoms with Crippen molar-refractivity contribution in [2.45, 2.75) is 6.92 Å². The van der Waals surface area contributed by atoms with Crippen LogP contribution in [0.15, 0.2) is 41.4 Å². The third-order valence-electron chi connectivity index (χ3n) is 2.43. The van der Waals surface area contributed by atoms with E-state index in [1.165, 1.54) is 11.1 Å². The van der Waals surface area contributed by atoms with Crippen molar-refractivity contribution in [3.63, 3.8) is 0 Å². The first kappa shape index (κ1) is 8.68. The van der Waals surface area contributed by atoms with Crippen LogP contribution in [0.25, 0.3) is 16.8 Å². The number of nitrogens with zero attached hydrogens (tertiary/aromatic N) is 2. The molecule has 2 nitrogen and oxygen atoms in total. The number of fused-ring (bicyclic) bond motifs is 1. The molecule has 0 fully saturated rings. The highest BCUT2D eigenvalue weighted by Gasteiger charge is 2.01. The van der Waals surface area contributed by atoms with Crippen LogP contribution in [0.5, 0.6) is 0 Å².